The van der Waals surface area contributed by atoms with Crippen LogP contribution in [0.1, 0.15) is 16.7 Å². The number of benzene rings is 3. The van der Waals surface area contributed by atoms with E-state index < -0.39 is 5.97 Å². The number of ether oxygens (including phenoxy) is 1. The van der Waals surface area contributed by atoms with Gasteiger partial charge >= 0.3 is 5.97 Å². The van der Waals surface area contributed by atoms with Crippen LogP contribution in [-0.4, -0.2) is 32.4 Å². The predicted octanol–water partition coefficient (Wildman–Crippen LogP) is 4.93. The number of phenolic OH excluding ortho intramolecular Hbond substituents is 1. The van der Waals surface area contributed by atoms with Crippen molar-refractivity contribution in [2.75, 3.05) is 4.90 Å². The number of rotatable bonds is 4. The standard InChI is InChI=1S/C27H20N2O5S/c30-22-7-4-8-23-19(22)14-28(13-16-5-2-1-3-6-16)20-12-17(9-10-24(20)34-23)11-18-25(31)29-21(27(32)33)15-35-26(18)29/h1-12,15,26,30H,13-14H2,(H,32,33)/t26-/m1/s1. The minimum atomic E-state index is -1.10. The summed E-state index contributed by atoms with van der Waals surface area (Å²) in [6.45, 7) is 1.04. The van der Waals surface area contributed by atoms with Crippen LogP contribution >= 0.6 is 11.8 Å². The van der Waals surface area contributed by atoms with E-state index in [-0.39, 0.29) is 22.7 Å². The summed E-state index contributed by atoms with van der Waals surface area (Å²) >= 11 is 1.32. The summed E-state index contributed by atoms with van der Waals surface area (Å²) in [7, 11) is 0. The first-order valence-electron chi connectivity index (χ1n) is 11.1. The molecule has 0 aliphatic carbocycles. The molecular weight excluding hydrogens is 464 g/mol. The second kappa shape index (κ2) is 8.25. The molecule has 0 radical (unpaired) electrons. The van der Waals surface area contributed by atoms with Gasteiger partial charge in [0.15, 0.2) is 5.75 Å². The summed E-state index contributed by atoms with van der Waals surface area (Å²) in [4.78, 5) is 27.5. The third kappa shape index (κ3) is 3.63. The number of carbonyl (C=O) groups is 2. The minimum Gasteiger partial charge on any atom is -0.507 e. The molecule has 1 fully saturated rings. The highest BCUT2D eigenvalue weighted by molar-refractivity contribution is 8.03. The number of phenols is 1. The molecule has 1 amide bonds. The summed E-state index contributed by atoms with van der Waals surface area (Å²) in [5.74, 6) is 0.0366. The Labute approximate surface area is 205 Å². The lowest BCUT2D eigenvalue weighted by Gasteiger charge is -2.37. The van der Waals surface area contributed by atoms with E-state index in [1.54, 1.807) is 12.1 Å². The molecule has 2 N–H and O–H groups in total. The predicted molar refractivity (Wildman–Crippen MR) is 133 cm³/mol. The summed E-state index contributed by atoms with van der Waals surface area (Å²) in [6, 6.07) is 21.0. The number of aromatic hydroxyl groups is 1. The van der Waals surface area contributed by atoms with Gasteiger partial charge in [0, 0.05) is 12.0 Å². The Balaban J connectivity index is 1.37. The van der Waals surface area contributed by atoms with Gasteiger partial charge in [-0.15, -0.1) is 11.8 Å². The van der Waals surface area contributed by atoms with Crippen LogP contribution in [0.3, 0.4) is 0 Å². The van der Waals surface area contributed by atoms with E-state index in [4.69, 9.17) is 4.74 Å². The van der Waals surface area contributed by atoms with Gasteiger partial charge in [-0.05, 0) is 41.5 Å². The fourth-order valence-corrected chi connectivity index (χ4v) is 5.67. The maximum Gasteiger partial charge on any atom is 0.353 e. The summed E-state index contributed by atoms with van der Waals surface area (Å²) in [5.41, 5.74) is 4.05. The van der Waals surface area contributed by atoms with E-state index in [1.807, 2.05) is 48.5 Å². The third-order valence-corrected chi connectivity index (χ3v) is 7.37. The van der Waals surface area contributed by atoms with E-state index in [0.29, 0.717) is 35.7 Å². The second-order valence-corrected chi connectivity index (χ2v) is 9.45. The fraction of sp³-hybridized carbons (Fsp3) is 0.111. The molecule has 0 bridgehead atoms. The Bertz CT molecular complexity index is 1430. The monoisotopic (exact) mass is 484 g/mol. The van der Waals surface area contributed by atoms with E-state index in [2.05, 4.69) is 17.0 Å². The molecule has 3 aliphatic rings. The normalized spacial score (nSPS) is 19.2. The van der Waals surface area contributed by atoms with Crippen molar-refractivity contribution in [2.24, 2.45) is 0 Å². The number of fused-ring (bicyclic) bond motifs is 3. The van der Waals surface area contributed by atoms with E-state index in [9.17, 15) is 19.8 Å². The molecule has 3 heterocycles. The number of carboxylic acid groups (broad SMARTS) is 1. The number of nitrogens with zero attached hydrogens (tertiary/aromatic N) is 2. The molecule has 3 aromatic carbocycles. The molecule has 3 aromatic rings. The van der Waals surface area contributed by atoms with Gasteiger partial charge in [0.1, 0.15) is 22.6 Å². The highest BCUT2D eigenvalue weighted by Crippen LogP contribution is 2.46. The van der Waals surface area contributed by atoms with Gasteiger partial charge in [0.05, 0.1) is 23.4 Å². The fourth-order valence-electron chi connectivity index (χ4n) is 4.55. The van der Waals surface area contributed by atoms with Gasteiger partial charge in [-0.2, -0.15) is 0 Å². The van der Waals surface area contributed by atoms with Crippen molar-refractivity contribution in [1.29, 1.82) is 0 Å². The Morgan fingerprint density at radius 2 is 1.91 bits per heavy atom. The molecule has 1 atom stereocenters. The summed E-state index contributed by atoms with van der Waals surface area (Å²) in [5, 5.41) is 21.0. The molecule has 35 heavy (non-hydrogen) atoms. The number of thioether (sulfide) groups is 1. The summed E-state index contributed by atoms with van der Waals surface area (Å²) in [6.07, 6.45) is 1.81. The highest BCUT2D eigenvalue weighted by atomic mass is 32.2. The number of β-lactam (4-membered cyclic amide) rings is 1. The lowest BCUT2D eigenvalue weighted by Crippen LogP contribution is -2.51. The molecule has 3 aliphatic heterocycles. The number of carboxylic acids is 1. The largest absolute Gasteiger partial charge is 0.507 e. The first kappa shape index (κ1) is 21.4. The quantitative estimate of drug-likeness (QED) is 0.401. The Morgan fingerprint density at radius 1 is 1.09 bits per heavy atom. The first-order chi connectivity index (χ1) is 17.0. The molecule has 0 saturated carbocycles. The van der Waals surface area contributed by atoms with Crippen LogP contribution in [0.4, 0.5) is 5.69 Å². The second-order valence-electron chi connectivity index (χ2n) is 8.50. The van der Waals surface area contributed by atoms with Crippen molar-refractivity contribution in [3.05, 3.63) is 100 Å². The van der Waals surface area contributed by atoms with E-state index >= 15 is 0 Å². The van der Waals surface area contributed by atoms with Gasteiger partial charge in [0.25, 0.3) is 5.91 Å². The maximum atomic E-state index is 12.7. The van der Waals surface area contributed by atoms with E-state index in [0.717, 1.165) is 16.8 Å². The molecule has 0 spiro atoms. The van der Waals surface area contributed by atoms with Gasteiger partial charge < -0.3 is 19.8 Å². The maximum absolute atomic E-state index is 12.7. The van der Waals surface area contributed by atoms with Gasteiger partial charge in [0.2, 0.25) is 0 Å². The number of amides is 1. The van der Waals surface area contributed by atoms with Crippen LogP contribution < -0.4 is 9.64 Å². The molecule has 0 unspecified atom stereocenters. The Kier molecular flexibility index (Phi) is 5.04. The van der Waals surface area contributed by atoms with Crippen LogP contribution in [-0.2, 0) is 22.7 Å². The molecule has 0 aromatic heterocycles. The van der Waals surface area contributed by atoms with Crippen LogP contribution in [0.2, 0.25) is 0 Å². The van der Waals surface area contributed by atoms with Crippen molar-refractivity contribution in [1.82, 2.24) is 4.90 Å². The van der Waals surface area contributed by atoms with Gasteiger partial charge in [-0.25, -0.2) is 4.79 Å². The van der Waals surface area contributed by atoms with Crippen molar-refractivity contribution in [2.45, 2.75) is 18.5 Å². The number of hydrogen-bond acceptors (Lipinski definition) is 6. The molecule has 7 nitrogen and oxygen atoms in total. The zero-order chi connectivity index (χ0) is 24.1. The number of anilines is 1. The van der Waals surface area contributed by atoms with Crippen LogP contribution in [0.15, 0.2) is 83.4 Å². The molecule has 8 heteroatoms. The minimum absolute atomic E-state index is 0.0177. The zero-order valence-corrected chi connectivity index (χ0v) is 19.2. The van der Waals surface area contributed by atoms with Crippen LogP contribution in [0.5, 0.6) is 17.2 Å². The highest BCUT2D eigenvalue weighted by Gasteiger charge is 2.49. The molecule has 1 saturated heterocycles. The van der Waals surface area contributed by atoms with Gasteiger partial charge in [-0.1, -0.05) is 42.5 Å². The Morgan fingerprint density at radius 3 is 2.71 bits per heavy atom. The Hall–Kier alpha value is -4.17. The molecular formula is C27H20N2O5S. The van der Waals surface area contributed by atoms with Crippen LogP contribution in [0, 0.1) is 0 Å². The van der Waals surface area contributed by atoms with Gasteiger partial charge in [-0.3, -0.25) is 9.69 Å². The topological polar surface area (TPSA) is 90.3 Å². The van der Waals surface area contributed by atoms with Crippen LogP contribution in [0.25, 0.3) is 6.08 Å². The van der Waals surface area contributed by atoms with Crippen molar-refractivity contribution in [3.8, 4) is 17.2 Å². The number of hydrogen-bond donors (Lipinski definition) is 2. The number of aliphatic carboxylic acids is 1. The van der Waals surface area contributed by atoms with Crippen molar-refractivity contribution >= 4 is 35.4 Å². The number of carbonyl (C=O) groups excluding carboxylic acids is 1. The van der Waals surface area contributed by atoms with Crippen molar-refractivity contribution in [3.63, 3.8) is 0 Å². The first-order valence-corrected chi connectivity index (χ1v) is 12.0. The smallest absolute Gasteiger partial charge is 0.353 e. The van der Waals surface area contributed by atoms with E-state index in [1.165, 1.54) is 22.1 Å². The zero-order valence-electron chi connectivity index (χ0n) is 18.4. The average molecular weight is 485 g/mol. The summed E-state index contributed by atoms with van der Waals surface area (Å²) < 4.78 is 6.21. The third-order valence-electron chi connectivity index (χ3n) is 6.29. The lowest BCUT2D eigenvalue weighted by molar-refractivity contribution is -0.141. The molecule has 174 valence electrons. The molecule has 6 rings (SSSR count). The average Bonchev–Trinajstić information content (AvgIpc) is 3.19. The lowest BCUT2D eigenvalue weighted by atomic mass is 10.0. The van der Waals surface area contributed by atoms with Crippen molar-refractivity contribution < 1.29 is 24.5 Å². The SMILES string of the molecule is O=C(O)C1=CS[C@@H]2C(=Cc3ccc4c(c3)N(Cc3ccccc3)Cc3c(O)cccc3O4)C(=O)N12.